The van der Waals surface area contributed by atoms with Crippen molar-refractivity contribution in [1.82, 2.24) is 25.3 Å². The predicted molar refractivity (Wildman–Crippen MR) is 104 cm³/mol. The number of ether oxygens (including phenoxy) is 1. The number of nitrogens with one attached hydrogen (secondary N) is 1. The zero-order valence-corrected chi connectivity index (χ0v) is 16.2. The number of hydrogen-bond donors (Lipinski definition) is 2. The Kier molecular flexibility index (Phi) is 4.98. The van der Waals surface area contributed by atoms with Gasteiger partial charge in [-0.15, -0.1) is 0 Å². The fourth-order valence-corrected chi connectivity index (χ4v) is 3.51. The molecule has 3 heterocycles. The lowest BCUT2D eigenvalue weighted by Gasteiger charge is -2.27. The molecule has 8 nitrogen and oxygen atoms in total. The van der Waals surface area contributed by atoms with Gasteiger partial charge >= 0.3 is 0 Å². The fourth-order valence-electron chi connectivity index (χ4n) is 3.51. The number of benzene rings is 1. The van der Waals surface area contributed by atoms with E-state index in [1.54, 1.807) is 13.8 Å². The highest BCUT2D eigenvalue weighted by molar-refractivity contribution is 5.98. The van der Waals surface area contributed by atoms with Gasteiger partial charge in [0, 0.05) is 12.0 Å². The molecule has 1 atom stereocenters. The topological polar surface area (TPSA) is 116 Å². The van der Waals surface area contributed by atoms with Crippen molar-refractivity contribution >= 4 is 11.9 Å². The maximum Gasteiger partial charge on any atom is 0.255 e. The van der Waals surface area contributed by atoms with Crippen LogP contribution in [0.15, 0.2) is 24.4 Å². The predicted octanol–water partition coefficient (Wildman–Crippen LogP) is 2.53. The number of carbonyl (C=O) groups is 1. The minimum Gasteiger partial charge on any atom is -0.476 e. The molecular weight excluding hydrogens is 394 g/mol. The van der Waals surface area contributed by atoms with Crippen molar-refractivity contribution in [3.05, 3.63) is 58.5 Å². The summed E-state index contributed by atoms with van der Waals surface area (Å²) in [6, 6.07) is 3.50. The Morgan fingerprint density at radius 2 is 2.07 bits per heavy atom. The first-order valence-electron chi connectivity index (χ1n) is 9.26. The van der Waals surface area contributed by atoms with Crippen LogP contribution in [0.4, 0.5) is 14.7 Å². The van der Waals surface area contributed by atoms with Gasteiger partial charge in [0.05, 0.1) is 35.8 Å². The summed E-state index contributed by atoms with van der Waals surface area (Å²) in [5, 5.41) is 2.89. The van der Waals surface area contributed by atoms with Crippen LogP contribution in [-0.2, 0) is 6.42 Å². The van der Waals surface area contributed by atoms with Crippen LogP contribution in [0, 0.1) is 18.6 Å². The molecule has 3 N–H and O–H groups in total. The lowest BCUT2D eigenvalue weighted by Crippen LogP contribution is -2.37. The van der Waals surface area contributed by atoms with Crippen LogP contribution in [0.3, 0.4) is 0 Å². The number of aryl methyl sites for hydroxylation is 1. The van der Waals surface area contributed by atoms with Crippen LogP contribution >= 0.6 is 0 Å². The van der Waals surface area contributed by atoms with Crippen molar-refractivity contribution < 1.29 is 18.3 Å². The highest BCUT2D eigenvalue weighted by Gasteiger charge is 2.31. The van der Waals surface area contributed by atoms with Gasteiger partial charge in [0.25, 0.3) is 11.8 Å². The van der Waals surface area contributed by atoms with Gasteiger partial charge in [0.15, 0.2) is 5.82 Å². The zero-order chi connectivity index (χ0) is 21.4. The second-order valence-corrected chi connectivity index (χ2v) is 6.73. The van der Waals surface area contributed by atoms with Gasteiger partial charge in [0.1, 0.15) is 5.82 Å². The Morgan fingerprint density at radius 3 is 2.83 bits per heavy atom. The lowest BCUT2D eigenvalue weighted by molar-refractivity contribution is 0.0922. The fraction of sp³-hybridized carbons (Fsp3) is 0.250. The van der Waals surface area contributed by atoms with Crippen LogP contribution in [0.25, 0.3) is 11.4 Å². The van der Waals surface area contributed by atoms with Gasteiger partial charge in [-0.05, 0) is 31.5 Å². The molecule has 0 fully saturated rings. The van der Waals surface area contributed by atoms with E-state index in [1.807, 2.05) is 0 Å². The maximum absolute atomic E-state index is 14.1. The molecule has 0 aliphatic carbocycles. The van der Waals surface area contributed by atoms with Crippen molar-refractivity contribution in [1.29, 1.82) is 0 Å². The molecular formula is C20H18F2N6O2. The average molecular weight is 412 g/mol. The van der Waals surface area contributed by atoms with E-state index in [2.05, 4.69) is 25.3 Å². The quantitative estimate of drug-likeness (QED) is 0.676. The summed E-state index contributed by atoms with van der Waals surface area (Å²) in [5.41, 5.74) is 7.96. The van der Waals surface area contributed by atoms with E-state index in [9.17, 15) is 13.6 Å². The van der Waals surface area contributed by atoms with Crippen molar-refractivity contribution in [2.24, 2.45) is 0 Å². The number of amides is 1. The number of nitrogens with two attached hydrogens (primary N) is 1. The normalized spacial score (nSPS) is 15.5. The molecule has 0 bridgehead atoms. The van der Waals surface area contributed by atoms with E-state index >= 15 is 0 Å². The van der Waals surface area contributed by atoms with E-state index in [0.29, 0.717) is 34.5 Å². The molecule has 0 spiro atoms. The van der Waals surface area contributed by atoms with Crippen LogP contribution < -0.4 is 15.8 Å². The van der Waals surface area contributed by atoms with E-state index in [1.165, 1.54) is 18.2 Å². The van der Waals surface area contributed by atoms with Gasteiger partial charge in [-0.1, -0.05) is 6.07 Å². The Bertz CT molecular complexity index is 1150. The second kappa shape index (κ2) is 7.62. The monoisotopic (exact) mass is 412 g/mol. The summed E-state index contributed by atoms with van der Waals surface area (Å²) in [6.07, 6.45) is 1.28. The maximum atomic E-state index is 14.1. The third kappa shape index (κ3) is 3.51. The molecule has 30 heavy (non-hydrogen) atoms. The van der Waals surface area contributed by atoms with Gasteiger partial charge in [-0.25, -0.2) is 19.3 Å². The third-order valence-electron chi connectivity index (χ3n) is 4.74. The summed E-state index contributed by atoms with van der Waals surface area (Å²) < 4.78 is 33.1. The van der Waals surface area contributed by atoms with Crippen molar-refractivity contribution in [3.8, 4) is 17.3 Å². The van der Waals surface area contributed by atoms with E-state index in [-0.39, 0.29) is 30.2 Å². The zero-order valence-electron chi connectivity index (χ0n) is 16.2. The largest absolute Gasteiger partial charge is 0.476 e. The molecule has 154 valence electrons. The summed E-state index contributed by atoms with van der Waals surface area (Å²) in [4.78, 5) is 29.0. The average Bonchev–Trinajstić information content (AvgIpc) is 2.69. The number of nitrogens with zero attached hydrogens (tertiary/aromatic N) is 4. The molecule has 1 aromatic carbocycles. The number of nitrogen functional groups attached to an aromatic ring is 1. The number of rotatable bonds is 4. The van der Waals surface area contributed by atoms with E-state index in [4.69, 9.17) is 10.5 Å². The molecule has 3 aromatic rings. The van der Waals surface area contributed by atoms with Crippen LogP contribution in [0.2, 0.25) is 0 Å². The number of halogens is 2. The molecule has 1 aliphatic heterocycles. The van der Waals surface area contributed by atoms with Gasteiger partial charge in [0.2, 0.25) is 11.8 Å². The second-order valence-electron chi connectivity index (χ2n) is 6.73. The number of hydrogen-bond acceptors (Lipinski definition) is 7. The lowest BCUT2D eigenvalue weighted by atomic mass is 9.91. The van der Waals surface area contributed by atoms with Crippen molar-refractivity contribution in [3.63, 3.8) is 0 Å². The SMILES string of the molecule is CCOc1nc(-c2cc(F)ccc2C2Cc3nc(N)nc(C)c3C(=O)N2)ncc1F. The first-order valence-corrected chi connectivity index (χ1v) is 9.26. The van der Waals surface area contributed by atoms with E-state index < -0.39 is 17.7 Å². The Balaban J connectivity index is 1.80. The van der Waals surface area contributed by atoms with Gasteiger partial charge in [-0.3, -0.25) is 4.79 Å². The molecule has 0 saturated heterocycles. The molecule has 0 radical (unpaired) electrons. The first-order chi connectivity index (χ1) is 14.4. The molecule has 1 amide bonds. The third-order valence-corrected chi connectivity index (χ3v) is 4.74. The molecule has 0 saturated carbocycles. The number of fused-ring (bicyclic) bond motifs is 1. The smallest absolute Gasteiger partial charge is 0.255 e. The number of carbonyl (C=O) groups excluding carboxylic acids is 1. The van der Waals surface area contributed by atoms with Crippen LogP contribution in [-0.4, -0.2) is 32.4 Å². The van der Waals surface area contributed by atoms with Gasteiger partial charge in [-0.2, -0.15) is 9.37 Å². The van der Waals surface area contributed by atoms with Gasteiger partial charge < -0.3 is 15.8 Å². The number of anilines is 1. The summed E-state index contributed by atoms with van der Waals surface area (Å²) in [6.45, 7) is 3.58. The standard InChI is InChI=1S/C20H18F2N6O2/c1-3-30-19-13(22)8-24-17(28-19)12-6-10(21)4-5-11(12)14-7-15-16(18(29)26-14)9(2)25-20(23)27-15/h4-6,8,14H,3,7H2,1-2H3,(H,26,29)(H2,23,25,27). The molecule has 2 aromatic heterocycles. The Labute approximate surface area is 170 Å². The highest BCUT2D eigenvalue weighted by atomic mass is 19.1. The minimum absolute atomic E-state index is 0.0715. The minimum atomic E-state index is -0.721. The number of aromatic nitrogens is 4. The molecule has 10 heteroatoms. The Hall–Kier alpha value is -3.69. The highest BCUT2D eigenvalue weighted by Crippen LogP contribution is 2.33. The Morgan fingerprint density at radius 1 is 1.27 bits per heavy atom. The van der Waals surface area contributed by atoms with Crippen LogP contribution in [0.5, 0.6) is 5.88 Å². The molecule has 1 unspecified atom stereocenters. The summed E-state index contributed by atoms with van der Waals surface area (Å²) in [7, 11) is 0. The summed E-state index contributed by atoms with van der Waals surface area (Å²) >= 11 is 0. The molecule has 4 rings (SSSR count). The van der Waals surface area contributed by atoms with Crippen molar-refractivity contribution in [2.45, 2.75) is 26.3 Å². The molecule has 1 aliphatic rings. The van der Waals surface area contributed by atoms with E-state index in [0.717, 1.165) is 6.20 Å². The summed E-state index contributed by atoms with van der Waals surface area (Å²) in [5.74, 6) is -1.68. The van der Waals surface area contributed by atoms with Crippen LogP contribution in [0.1, 0.15) is 40.3 Å². The first kappa shape index (κ1) is 19.6. The van der Waals surface area contributed by atoms with Crippen molar-refractivity contribution in [2.75, 3.05) is 12.3 Å².